The van der Waals surface area contributed by atoms with Crippen LogP contribution in [0.15, 0.2) is 12.2 Å². The SMILES string of the molecule is C/C=C/C(=O)OOC(=O)CCCCCCCCCCC. The number of unbranched alkanes of at least 4 members (excludes halogenated alkanes) is 8. The Kier molecular flexibility index (Phi) is 13.2. The van der Waals surface area contributed by atoms with E-state index in [1.165, 1.54) is 50.7 Å². The molecule has 20 heavy (non-hydrogen) atoms. The van der Waals surface area contributed by atoms with E-state index < -0.39 is 11.9 Å². The lowest BCUT2D eigenvalue weighted by Crippen LogP contribution is -2.09. The van der Waals surface area contributed by atoms with Crippen LogP contribution in [-0.4, -0.2) is 11.9 Å². The van der Waals surface area contributed by atoms with Gasteiger partial charge in [-0.15, -0.1) is 0 Å². The van der Waals surface area contributed by atoms with E-state index in [1.54, 1.807) is 6.92 Å². The zero-order valence-corrected chi connectivity index (χ0v) is 12.9. The van der Waals surface area contributed by atoms with Crippen molar-refractivity contribution in [2.75, 3.05) is 0 Å². The molecule has 0 aromatic heterocycles. The van der Waals surface area contributed by atoms with Crippen molar-refractivity contribution in [3.8, 4) is 0 Å². The first-order valence-corrected chi connectivity index (χ1v) is 7.74. The quantitative estimate of drug-likeness (QED) is 0.243. The van der Waals surface area contributed by atoms with E-state index in [-0.39, 0.29) is 0 Å². The van der Waals surface area contributed by atoms with Gasteiger partial charge in [-0.1, -0.05) is 64.4 Å². The lowest BCUT2D eigenvalue weighted by atomic mass is 10.1. The molecule has 0 aliphatic carbocycles. The summed E-state index contributed by atoms with van der Waals surface area (Å²) in [7, 11) is 0. The van der Waals surface area contributed by atoms with Crippen LogP contribution < -0.4 is 0 Å². The van der Waals surface area contributed by atoms with Crippen LogP contribution in [-0.2, 0) is 19.4 Å². The van der Waals surface area contributed by atoms with Crippen molar-refractivity contribution in [1.82, 2.24) is 0 Å². The van der Waals surface area contributed by atoms with Crippen molar-refractivity contribution < 1.29 is 19.4 Å². The molecule has 0 amide bonds. The summed E-state index contributed by atoms with van der Waals surface area (Å²) in [5.41, 5.74) is 0. The molecule has 0 rings (SSSR count). The number of hydrogen-bond donors (Lipinski definition) is 0. The van der Waals surface area contributed by atoms with Crippen LogP contribution in [0.25, 0.3) is 0 Å². The second-order valence-electron chi connectivity index (χ2n) is 4.94. The summed E-state index contributed by atoms with van der Waals surface area (Å²) < 4.78 is 0. The minimum Gasteiger partial charge on any atom is -0.247 e. The molecule has 116 valence electrons. The topological polar surface area (TPSA) is 52.6 Å². The third-order valence-corrected chi connectivity index (χ3v) is 3.00. The van der Waals surface area contributed by atoms with Gasteiger partial charge in [0.25, 0.3) is 0 Å². The highest BCUT2D eigenvalue weighted by atomic mass is 17.2. The molecule has 0 unspecified atom stereocenters. The van der Waals surface area contributed by atoms with Gasteiger partial charge in [0.15, 0.2) is 0 Å². The van der Waals surface area contributed by atoms with Crippen molar-refractivity contribution in [3.05, 3.63) is 12.2 Å². The molecule has 0 N–H and O–H groups in total. The largest absolute Gasteiger partial charge is 0.378 e. The molecule has 0 spiro atoms. The van der Waals surface area contributed by atoms with Crippen molar-refractivity contribution >= 4 is 11.9 Å². The highest BCUT2D eigenvalue weighted by molar-refractivity contribution is 5.82. The lowest BCUT2D eigenvalue weighted by molar-refractivity contribution is -0.255. The monoisotopic (exact) mass is 284 g/mol. The Labute approximate surface area is 122 Å². The van der Waals surface area contributed by atoms with Gasteiger partial charge >= 0.3 is 11.9 Å². The molecule has 0 bridgehead atoms. The van der Waals surface area contributed by atoms with Crippen molar-refractivity contribution in [3.63, 3.8) is 0 Å². The molecule has 0 saturated carbocycles. The Morgan fingerprint density at radius 1 is 0.850 bits per heavy atom. The molecule has 0 aromatic carbocycles. The molecule has 0 aliphatic heterocycles. The highest BCUT2D eigenvalue weighted by Crippen LogP contribution is 2.10. The summed E-state index contributed by atoms with van der Waals surface area (Å²) in [6.45, 7) is 3.90. The fraction of sp³-hybridized carbons (Fsp3) is 0.750. The van der Waals surface area contributed by atoms with Gasteiger partial charge < -0.3 is 0 Å². The first kappa shape index (κ1) is 18.7. The Hall–Kier alpha value is -1.32. The van der Waals surface area contributed by atoms with Gasteiger partial charge in [-0.3, -0.25) is 0 Å². The zero-order chi connectivity index (χ0) is 15.1. The number of carbonyl (C=O) groups is 2. The molecule has 0 aliphatic rings. The second-order valence-corrected chi connectivity index (χ2v) is 4.94. The summed E-state index contributed by atoms with van der Waals surface area (Å²) in [5, 5.41) is 0. The summed E-state index contributed by atoms with van der Waals surface area (Å²) in [5.74, 6) is -1.14. The third kappa shape index (κ3) is 13.1. The van der Waals surface area contributed by atoms with Crippen LogP contribution in [0, 0.1) is 0 Å². The molecule has 0 atom stereocenters. The normalized spacial score (nSPS) is 10.7. The number of hydrogen-bond acceptors (Lipinski definition) is 4. The van der Waals surface area contributed by atoms with Crippen molar-refractivity contribution in [1.29, 1.82) is 0 Å². The first-order valence-electron chi connectivity index (χ1n) is 7.74. The number of carbonyl (C=O) groups excluding carboxylic acids is 2. The summed E-state index contributed by atoms with van der Waals surface area (Å²) in [6.07, 6.45) is 13.8. The van der Waals surface area contributed by atoms with Gasteiger partial charge in [0.2, 0.25) is 0 Å². The van der Waals surface area contributed by atoms with Gasteiger partial charge in [-0.2, -0.15) is 0 Å². The maximum Gasteiger partial charge on any atom is 0.378 e. The van der Waals surface area contributed by atoms with E-state index in [9.17, 15) is 9.59 Å². The first-order chi connectivity index (χ1) is 9.70. The average Bonchev–Trinajstić information content (AvgIpc) is 2.43. The van der Waals surface area contributed by atoms with Crippen LogP contribution in [0.5, 0.6) is 0 Å². The zero-order valence-electron chi connectivity index (χ0n) is 12.9. The maximum atomic E-state index is 11.2. The minimum atomic E-state index is -0.659. The molecule has 0 fully saturated rings. The van der Waals surface area contributed by atoms with Gasteiger partial charge in [-0.25, -0.2) is 19.4 Å². The molecule has 4 heteroatoms. The second kappa shape index (κ2) is 14.1. The van der Waals surface area contributed by atoms with Gasteiger partial charge in [0.1, 0.15) is 0 Å². The van der Waals surface area contributed by atoms with E-state index in [0.29, 0.717) is 6.42 Å². The van der Waals surface area contributed by atoms with Gasteiger partial charge in [0.05, 0.1) is 6.42 Å². The average molecular weight is 284 g/mol. The standard InChI is InChI=1S/C16H28O4/c1-3-5-6-7-8-9-10-11-12-14-16(18)20-19-15(17)13-4-2/h4,13H,3,5-12,14H2,1-2H3/b13-4+. The smallest absolute Gasteiger partial charge is 0.247 e. The Bertz CT molecular complexity index is 284. The molecule has 0 saturated heterocycles. The highest BCUT2D eigenvalue weighted by Gasteiger charge is 2.06. The number of allylic oxidation sites excluding steroid dienone is 1. The lowest BCUT2D eigenvalue weighted by Gasteiger charge is -2.02. The minimum absolute atomic E-state index is 0.305. The van der Waals surface area contributed by atoms with E-state index in [2.05, 4.69) is 16.7 Å². The summed E-state index contributed by atoms with van der Waals surface area (Å²) >= 11 is 0. The van der Waals surface area contributed by atoms with Crippen LogP contribution in [0.1, 0.15) is 78.1 Å². The van der Waals surface area contributed by atoms with E-state index in [0.717, 1.165) is 19.3 Å². The van der Waals surface area contributed by atoms with Gasteiger partial charge in [0, 0.05) is 6.08 Å². The van der Waals surface area contributed by atoms with Crippen molar-refractivity contribution in [2.24, 2.45) is 0 Å². The van der Waals surface area contributed by atoms with Crippen LogP contribution in [0.4, 0.5) is 0 Å². The molecular weight excluding hydrogens is 256 g/mol. The molecule has 0 heterocycles. The molecular formula is C16H28O4. The maximum absolute atomic E-state index is 11.2. The van der Waals surface area contributed by atoms with E-state index >= 15 is 0 Å². The summed E-state index contributed by atoms with van der Waals surface area (Å²) in [4.78, 5) is 30.8. The van der Waals surface area contributed by atoms with Crippen LogP contribution in [0.2, 0.25) is 0 Å². The van der Waals surface area contributed by atoms with Crippen LogP contribution >= 0.6 is 0 Å². The van der Waals surface area contributed by atoms with E-state index in [1.807, 2.05) is 0 Å². The Morgan fingerprint density at radius 3 is 1.95 bits per heavy atom. The predicted octanol–water partition coefficient (Wildman–Crippen LogP) is 4.48. The number of rotatable bonds is 11. The Balaban J connectivity index is 3.29. The van der Waals surface area contributed by atoms with Crippen LogP contribution in [0.3, 0.4) is 0 Å². The fourth-order valence-electron chi connectivity index (χ4n) is 1.87. The fourth-order valence-corrected chi connectivity index (χ4v) is 1.87. The summed E-state index contributed by atoms with van der Waals surface area (Å²) in [6, 6.07) is 0. The molecule has 0 aromatic rings. The third-order valence-electron chi connectivity index (χ3n) is 3.00. The molecule has 0 radical (unpaired) electrons. The predicted molar refractivity (Wildman–Crippen MR) is 78.8 cm³/mol. The van der Waals surface area contributed by atoms with Gasteiger partial charge in [-0.05, 0) is 13.3 Å². The van der Waals surface area contributed by atoms with Crippen molar-refractivity contribution in [2.45, 2.75) is 78.1 Å². The molecule has 4 nitrogen and oxygen atoms in total. The van der Waals surface area contributed by atoms with E-state index in [4.69, 9.17) is 0 Å². The Morgan fingerprint density at radius 2 is 1.40 bits per heavy atom.